The third-order valence-electron chi connectivity index (χ3n) is 2.83. The van der Waals surface area contributed by atoms with Crippen LogP contribution in [0, 0.1) is 13.8 Å². The van der Waals surface area contributed by atoms with Crippen LogP contribution in [0.15, 0.2) is 18.2 Å². The van der Waals surface area contributed by atoms with E-state index in [4.69, 9.17) is 11.6 Å². The molecule has 1 aromatic rings. The number of benzene rings is 1. The Labute approximate surface area is 98.7 Å². The lowest BCUT2D eigenvalue weighted by Crippen LogP contribution is -2.01. The highest BCUT2D eigenvalue weighted by atomic mass is 35.5. The first-order valence-corrected chi connectivity index (χ1v) is 6.27. The second-order valence-corrected chi connectivity index (χ2v) is 4.97. The molecule has 0 amide bonds. The van der Waals surface area contributed by atoms with Gasteiger partial charge in [0.05, 0.1) is 0 Å². The van der Waals surface area contributed by atoms with Gasteiger partial charge in [0.15, 0.2) is 0 Å². The molecule has 0 N–H and O–H groups in total. The molecule has 0 spiro atoms. The number of hydrogen-bond acceptors (Lipinski definition) is 0. The summed E-state index contributed by atoms with van der Waals surface area (Å²) in [6, 6.07) is 6.65. The zero-order valence-corrected chi connectivity index (χ0v) is 10.8. The molecule has 1 aromatic carbocycles. The molecule has 0 heterocycles. The predicted molar refractivity (Wildman–Crippen MR) is 68.8 cm³/mol. The van der Waals surface area contributed by atoms with Crippen LogP contribution in [-0.2, 0) is 6.42 Å². The van der Waals surface area contributed by atoms with Crippen molar-refractivity contribution in [2.75, 3.05) is 0 Å². The molecule has 15 heavy (non-hydrogen) atoms. The van der Waals surface area contributed by atoms with E-state index in [9.17, 15) is 0 Å². The fourth-order valence-corrected chi connectivity index (χ4v) is 2.17. The monoisotopic (exact) mass is 224 g/mol. The highest BCUT2D eigenvalue weighted by Gasteiger charge is 2.05. The zero-order valence-electron chi connectivity index (χ0n) is 10.0. The highest BCUT2D eigenvalue weighted by Crippen LogP contribution is 2.17. The highest BCUT2D eigenvalue weighted by molar-refractivity contribution is 6.20. The van der Waals surface area contributed by atoms with Crippen LogP contribution in [-0.4, -0.2) is 5.38 Å². The standard InChI is InChI=1S/C14H21Cl/c1-4-5-14(15)9-8-13-10-11(2)6-7-12(13)3/h6-7,10,14H,4-5,8-9H2,1-3H3. The van der Waals surface area contributed by atoms with Crippen LogP contribution >= 0.6 is 11.6 Å². The molecule has 0 aliphatic carbocycles. The average Bonchev–Trinajstić information content (AvgIpc) is 2.20. The van der Waals surface area contributed by atoms with E-state index < -0.39 is 0 Å². The second-order valence-electron chi connectivity index (χ2n) is 4.35. The Morgan fingerprint density at radius 3 is 2.60 bits per heavy atom. The molecule has 0 aromatic heterocycles. The van der Waals surface area contributed by atoms with Crippen molar-refractivity contribution in [3.05, 3.63) is 34.9 Å². The smallest absolute Gasteiger partial charge is 0.0339 e. The van der Waals surface area contributed by atoms with Gasteiger partial charge < -0.3 is 0 Å². The number of alkyl halides is 1. The molecular weight excluding hydrogens is 204 g/mol. The van der Waals surface area contributed by atoms with Crippen LogP contribution in [0.5, 0.6) is 0 Å². The molecule has 1 atom stereocenters. The van der Waals surface area contributed by atoms with Crippen LogP contribution < -0.4 is 0 Å². The molecular formula is C14H21Cl. The fraction of sp³-hybridized carbons (Fsp3) is 0.571. The van der Waals surface area contributed by atoms with Gasteiger partial charge in [0.1, 0.15) is 0 Å². The summed E-state index contributed by atoms with van der Waals surface area (Å²) in [7, 11) is 0. The lowest BCUT2D eigenvalue weighted by atomic mass is 9.99. The molecule has 0 bridgehead atoms. The van der Waals surface area contributed by atoms with Crippen molar-refractivity contribution in [3.63, 3.8) is 0 Å². The average molecular weight is 225 g/mol. The molecule has 0 aliphatic rings. The summed E-state index contributed by atoms with van der Waals surface area (Å²) in [4.78, 5) is 0. The zero-order chi connectivity index (χ0) is 11.3. The Morgan fingerprint density at radius 2 is 1.93 bits per heavy atom. The third kappa shape index (κ3) is 4.25. The Balaban J connectivity index is 2.53. The minimum atomic E-state index is 0.343. The van der Waals surface area contributed by atoms with Gasteiger partial charge in [-0.3, -0.25) is 0 Å². The van der Waals surface area contributed by atoms with Crippen molar-refractivity contribution < 1.29 is 0 Å². The van der Waals surface area contributed by atoms with E-state index >= 15 is 0 Å². The van der Waals surface area contributed by atoms with E-state index in [-0.39, 0.29) is 0 Å². The minimum absolute atomic E-state index is 0.343. The van der Waals surface area contributed by atoms with Crippen molar-refractivity contribution in [2.24, 2.45) is 0 Å². The third-order valence-corrected chi connectivity index (χ3v) is 3.27. The summed E-state index contributed by atoms with van der Waals surface area (Å²) in [5, 5.41) is 0.343. The molecule has 84 valence electrons. The van der Waals surface area contributed by atoms with Crippen molar-refractivity contribution in [1.82, 2.24) is 0 Å². The van der Waals surface area contributed by atoms with Gasteiger partial charge in [0.2, 0.25) is 0 Å². The van der Waals surface area contributed by atoms with Crippen molar-refractivity contribution in [1.29, 1.82) is 0 Å². The summed E-state index contributed by atoms with van der Waals surface area (Å²) in [6.45, 7) is 6.51. The van der Waals surface area contributed by atoms with Gasteiger partial charge in [-0.2, -0.15) is 0 Å². The summed E-state index contributed by atoms with van der Waals surface area (Å²) in [6.07, 6.45) is 4.52. The summed E-state index contributed by atoms with van der Waals surface area (Å²) >= 11 is 6.22. The van der Waals surface area contributed by atoms with Gasteiger partial charge in [0, 0.05) is 5.38 Å². The first-order valence-electron chi connectivity index (χ1n) is 5.83. The Kier molecular flexibility index (Phi) is 5.17. The van der Waals surface area contributed by atoms with Crippen molar-refractivity contribution in [2.45, 2.75) is 51.8 Å². The Bertz CT molecular complexity index is 304. The molecule has 1 unspecified atom stereocenters. The van der Waals surface area contributed by atoms with E-state index in [2.05, 4.69) is 39.0 Å². The maximum absolute atomic E-state index is 6.22. The Morgan fingerprint density at radius 1 is 1.20 bits per heavy atom. The van der Waals surface area contributed by atoms with Crippen LogP contribution in [0.2, 0.25) is 0 Å². The summed E-state index contributed by atoms with van der Waals surface area (Å²) < 4.78 is 0. The van der Waals surface area contributed by atoms with Crippen LogP contribution in [0.3, 0.4) is 0 Å². The molecule has 0 nitrogen and oxygen atoms in total. The van der Waals surface area contributed by atoms with E-state index in [1.54, 1.807) is 0 Å². The van der Waals surface area contributed by atoms with E-state index in [0.29, 0.717) is 5.38 Å². The largest absolute Gasteiger partial charge is 0.123 e. The van der Waals surface area contributed by atoms with E-state index in [1.807, 2.05) is 0 Å². The molecule has 1 heteroatoms. The second kappa shape index (κ2) is 6.17. The van der Waals surface area contributed by atoms with Gasteiger partial charge in [-0.05, 0) is 44.2 Å². The van der Waals surface area contributed by atoms with Crippen molar-refractivity contribution in [3.8, 4) is 0 Å². The molecule has 1 rings (SSSR count). The van der Waals surface area contributed by atoms with E-state index in [1.165, 1.54) is 23.1 Å². The first-order chi connectivity index (χ1) is 7.13. The number of halogens is 1. The molecule has 0 saturated heterocycles. The quantitative estimate of drug-likeness (QED) is 0.639. The van der Waals surface area contributed by atoms with Crippen molar-refractivity contribution >= 4 is 11.6 Å². The van der Waals surface area contributed by atoms with Gasteiger partial charge in [-0.15, -0.1) is 11.6 Å². The van der Waals surface area contributed by atoms with Crippen LogP contribution in [0.1, 0.15) is 42.9 Å². The number of aryl methyl sites for hydroxylation is 3. The molecule has 0 radical (unpaired) electrons. The lowest BCUT2D eigenvalue weighted by molar-refractivity contribution is 0.674. The predicted octanol–water partition coefficient (Wildman–Crippen LogP) is 4.64. The topological polar surface area (TPSA) is 0 Å². The van der Waals surface area contributed by atoms with E-state index in [0.717, 1.165) is 19.3 Å². The number of hydrogen-bond donors (Lipinski definition) is 0. The Hall–Kier alpha value is -0.490. The normalized spacial score (nSPS) is 12.8. The summed E-state index contributed by atoms with van der Waals surface area (Å²) in [5.74, 6) is 0. The van der Waals surface area contributed by atoms with Crippen LogP contribution in [0.4, 0.5) is 0 Å². The molecule has 0 aliphatic heterocycles. The van der Waals surface area contributed by atoms with Gasteiger partial charge in [-0.1, -0.05) is 37.1 Å². The SMILES string of the molecule is CCCC(Cl)CCc1cc(C)ccc1C. The molecule has 0 fully saturated rings. The van der Waals surface area contributed by atoms with Gasteiger partial charge in [-0.25, -0.2) is 0 Å². The maximum atomic E-state index is 6.22. The summed E-state index contributed by atoms with van der Waals surface area (Å²) in [5.41, 5.74) is 4.19. The fourth-order valence-electron chi connectivity index (χ4n) is 1.84. The minimum Gasteiger partial charge on any atom is -0.123 e. The molecule has 0 saturated carbocycles. The number of rotatable bonds is 5. The maximum Gasteiger partial charge on any atom is 0.0339 e. The first kappa shape index (κ1) is 12.6. The van der Waals surface area contributed by atoms with Gasteiger partial charge >= 0.3 is 0 Å². The lowest BCUT2D eigenvalue weighted by Gasteiger charge is -2.10. The van der Waals surface area contributed by atoms with Crippen LogP contribution in [0.25, 0.3) is 0 Å². The van der Waals surface area contributed by atoms with Gasteiger partial charge in [0.25, 0.3) is 0 Å².